The standard InChI is InChI=1S/C30H44N2O2/c1-23(2)28-15-14-24(3)20-29(28)34-22-27(33)21-31-16-18-32(19-17-31)30(25-10-6-4-7-11-25)26-12-8-5-9-13-26/h4-13,23-24,27-30,33H,14-22H2,1-3H3/t24-,27?,28+,29-/m1/s1. The van der Waals surface area contributed by atoms with Crippen molar-refractivity contribution in [2.24, 2.45) is 17.8 Å². The highest BCUT2D eigenvalue weighted by molar-refractivity contribution is 5.31. The van der Waals surface area contributed by atoms with Crippen LogP contribution in [0.1, 0.15) is 57.2 Å². The fourth-order valence-electron chi connectivity index (χ4n) is 5.98. The van der Waals surface area contributed by atoms with Crippen molar-refractivity contribution in [3.63, 3.8) is 0 Å². The van der Waals surface area contributed by atoms with Gasteiger partial charge in [0, 0.05) is 32.7 Å². The molecule has 1 N–H and O–H groups in total. The van der Waals surface area contributed by atoms with E-state index in [0.29, 0.717) is 31.1 Å². The summed E-state index contributed by atoms with van der Waals surface area (Å²) < 4.78 is 6.32. The molecule has 0 aromatic heterocycles. The number of β-amino-alcohol motifs (C(OH)–C–C–N with tert-alkyl or cyclic N) is 1. The van der Waals surface area contributed by atoms with Crippen molar-refractivity contribution in [2.45, 2.75) is 58.3 Å². The van der Waals surface area contributed by atoms with Crippen LogP contribution in [0.2, 0.25) is 0 Å². The number of hydrogen-bond acceptors (Lipinski definition) is 4. The first-order valence-electron chi connectivity index (χ1n) is 13.4. The second-order valence-corrected chi connectivity index (χ2v) is 10.9. The van der Waals surface area contributed by atoms with Crippen molar-refractivity contribution in [3.05, 3.63) is 71.8 Å². The fourth-order valence-corrected chi connectivity index (χ4v) is 5.98. The summed E-state index contributed by atoms with van der Waals surface area (Å²) >= 11 is 0. The molecule has 4 atom stereocenters. The Balaban J connectivity index is 1.29. The summed E-state index contributed by atoms with van der Waals surface area (Å²) in [4.78, 5) is 4.99. The molecule has 1 saturated carbocycles. The predicted octanol–water partition coefficient (Wildman–Crippen LogP) is 5.23. The number of piperazine rings is 1. The molecule has 4 rings (SSSR count). The molecule has 2 aromatic rings. The zero-order chi connectivity index (χ0) is 23.9. The van der Waals surface area contributed by atoms with Crippen molar-refractivity contribution in [2.75, 3.05) is 39.3 Å². The lowest BCUT2D eigenvalue weighted by Crippen LogP contribution is -2.50. The maximum Gasteiger partial charge on any atom is 0.0900 e. The van der Waals surface area contributed by atoms with Crippen LogP contribution >= 0.6 is 0 Å². The Labute approximate surface area is 206 Å². The molecule has 2 fully saturated rings. The molecule has 186 valence electrons. The average Bonchev–Trinajstić information content (AvgIpc) is 2.85. The van der Waals surface area contributed by atoms with Crippen LogP contribution in [0.25, 0.3) is 0 Å². The van der Waals surface area contributed by atoms with Crippen LogP contribution in [-0.4, -0.2) is 66.4 Å². The molecule has 1 unspecified atom stereocenters. The van der Waals surface area contributed by atoms with Gasteiger partial charge in [-0.15, -0.1) is 0 Å². The summed E-state index contributed by atoms with van der Waals surface area (Å²) in [7, 11) is 0. The number of hydrogen-bond donors (Lipinski definition) is 1. The number of ether oxygens (including phenoxy) is 1. The van der Waals surface area contributed by atoms with Crippen LogP contribution in [0.4, 0.5) is 0 Å². The highest BCUT2D eigenvalue weighted by atomic mass is 16.5. The van der Waals surface area contributed by atoms with Gasteiger partial charge in [-0.3, -0.25) is 9.80 Å². The number of aliphatic hydroxyl groups is 1. The predicted molar refractivity (Wildman–Crippen MR) is 140 cm³/mol. The molecule has 2 aliphatic rings. The minimum Gasteiger partial charge on any atom is -0.389 e. The van der Waals surface area contributed by atoms with Gasteiger partial charge in [-0.25, -0.2) is 0 Å². The maximum absolute atomic E-state index is 10.8. The van der Waals surface area contributed by atoms with E-state index >= 15 is 0 Å². The molecular weight excluding hydrogens is 420 g/mol. The van der Waals surface area contributed by atoms with Gasteiger partial charge in [-0.2, -0.15) is 0 Å². The second-order valence-electron chi connectivity index (χ2n) is 10.9. The van der Waals surface area contributed by atoms with Crippen LogP contribution in [0, 0.1) is 17.8 Å². The van der Waals surface area contributed by atoms with Crippen LogP contribution < -0.4 is 0 Å². The summed E-state index contributed by atoms with van der Waals surface area (Å²) in [5, 5.41) is 10.8. The normalized spacial score (nSPS) is 25.6. The van der Waals surface area contributed by atoms with Crippen molar-refractivity contribution in [1.82, 2.24) is 9.80 Å². The van der Waals surface area contributed by atoms with Crippen molar-refractivity contribution in [3.8, 4) is 0 Å². The van der Waals surface area contributed by atoms with Gasteiger partial charge in [-0.05, 0) is 41.7 Å². The molecule has 1 aliphatic heterocycles. The van der Waals surface area contributed by atoms with Crippen LogP contribution in [0.5, 0.6) is 0 Å². The van der Waals surface area contributed by atoms with E-state index in [-0.39, 0.29) is 6.04 Å². The van der Waals surface area contributed by atoms with Gasteiger partial charge in [0.1, 0.15) is 0 Å². The smallest absolute Gasteiger partial charge is 0.0900 e. The van der Waals surface area contributed by atoms with Gasteiger partial charge < -0.3 is 9.84 Å². The third-order valence-electron chi connectivity index (χ3n) is 7.94. The summed E-state index contributed by atoms with van der Waals surface area (Å²) in [6.45, 7) is 12.1. The average molecular weight is 465 g/mol. The van der Waals surface area contributed by atoms with Crippen molar-refractivity contribution in [1.29, 1.82) is 0 Å². The van der Waals surface area contributed by atoms with Gasteiger partial charge in [0.05, 0.1) is 24.9 Å². The van der Waals surface area contributed by atoms with Crippen molar-refractivity contribution >= 4 is 0 Å². The quantitative estimate of drug-likeness (QED) is 0.551. The van der Waals surface area contributed by atoms with E-state index in [4.69, 9.17) is 4.74 Å². The van der Waals surface area contributed by atoms with E-state index in [1.165, 1.54) is 24.0 Å². The number of nitrogens with zero attached hydrogens (tertiary/aromatic N) is 2. The number of rotatable bonds is 9. The molecule has 0 amide bonds. The Bertz CT molecular complexity index is 796. The Morgan fingerprint density at radius 3 is 2.03 bits per heavy atom. The lowest BCUT2D eigenvalue weighted by molar-refractivity contribution is -0.0757. The number of aliphatic hydroxyl groups excluding tert-OH is 1. The van der Waals surface area contributed by atoms with E-state index in [1.54, 1.807) is 0 Å². The molecule has 34 heavy (non-hydrogen) atoms. The van der Waals surface area contributed by atoms with E-state index in [1.807, 2.05) is 0 Å². The first kappa shape index (κ1) is 25.4. The maximum atomic E-state index is 10.8. The molecule has 0 bridgehead atoms. The molecule has 1 aliphatic carbocycles. The molecule has 0 spiro atoms. The third kappa shape index (κ3) is 6.69. The topological polar surface area (TPSA) is 35.9 Å². The van der Waals surface area contributed by atoms with Gasteiger partial charge in [-0.1, -0.05) is 87.9 Å². The lowest BCUT2D eigenvalue weighted by Gasteiger charge is -2.40. The molecule has 4 nitrogen and oxygen atoms in total. The van der Waals surface area contributed by atoms with Gasteiger partial charge >= 0.3 is 0 Å². The zero-order valence-electron chi connectivity index (χ0n) is 21.4. The monoisotopic (exact) mass is 464 g/mol. The van der Waals surface area contributed by atoms with Crippen molar-refractivity contribution < 1.29 is 9.84 Å². The molecule has 0 radical (unpaired) electrons. The Morgan fingerprint density at radius 1 is 0.882 bits per heavy atom. The van der Waals surface area contributed by atoms with Crippen LogP contribution in [0.15, 0.2) is 60.7 Å². The molecule has 4 heteroatoms. The van der Waals surface area contributed by atoms with Gasteiger partial charge in [0.15, 0.2) is 0 Å². The summed E-state index contributed by atoms with van der Waals surface area (Å²) in [6, 6.07) is 21.9. The van der Waals surface area contributed by atoms with Gasteiger partial charge in [0.25, 0.3) is 0 Å². The zero-order valence-corrected chi connectivity index (χ0v) is 21.4. The first-order chi connectivity index (χ1) is 16.5. The molecule has 2 aromatic carbocycles. The van der Waals surface area contributed by atoms with E-state index < -0.39 is 6.10 Å². The number of benzene rings is 2. The Morgan fingerprint density at radius 2 is 1.47 bits per heavy atom. The Hall–Kier alpha value is -1.72. The third-order valence-corrected chi connectivity index (χ3v) is 7.94. The highest BCUT2D eigenvalue weighted by Gasteiger charge is 2.32. The fraction of sp³-hybridized carbons (Fsp3) is 0.600. The van der Waals surface area contributed by atoms with E-state index in [2.05, 4.69) is 91.2 Å². The van der Waals surface area contributed by atoms with Gasteiger partial charge in [0.2, 0.25) is 0 Å². The van der Waals surface area contributed by atoms with Crippen LogP contribution in [0.3, 0.4) is 0 Å². The SMILES string of the molecule is CC(C)[C@@H]1CC[C@@H](C)C[C@H]1OCC(O)CN1CCN(C(c2ccccc2)c2ccccc2)CC1. The highest BCUT2D eigenvalue weighted by Crippen LogP contribution is 2.35. The summed E-state index contributed by atoms with van der Waals surface area (Å²) in [5.74, 6) is 2.00. The molecule has 1 saturated heterocycles. The largest absolute Gasteiger partial charge is 0.389 e. The minimum absolute atomic E-state index is 0.277. The summed E-state index contributed by atoms with van der Waals surface area (Å²) in [5.41, 5.74) is 2.69. The molecule has 1 heterocycles. The van der Waals surface area contributed by atoms with E-state index in [9.17, 15) is 5.11 Å². The lowest BCUT2D eigenvalue weighted by atomic mass is 9.75. The summed E-state index contributed by atoms with van der Waals surface area (Å²) in [6.07, 6.45) is 3.58. The minimum atomic E-state index is -0.421. The second kappa shape index (κ2) is 12.3. The van der Waals surface area contributed by atoms with Crippen LogP contribution in [-0.2, 0) is 4.74 Å². The van der Waals surface area contributed by atoms with E-state index in [0.717, 1.165) is 38.5 Å². The Kier molecular flexibility index (Phi) is 9.18. The molecular formula is C30H44N2O2. The first-order valence-corrected chi connectivity index (χ1v) is 13.4.